The molecule has 2 N–H and O–H groups in total. The Hall–Kier alpha value is -2.06. The third-order valence-electron chi connectivity index (χ3n) is 3.66. The second-order valence-corrected chi connectivity index (χ2v) is 8.22. The van der Waals surface area contributed by atoms with E-state index in [1.165, 1.54) is 0 Å². The number of urea groups is 1. The summed E-state index contributed by atoms with van der Waals surface area (Å²) in [6.07, 6.45) is 0. The number of imide groups is 1. The van der Waals surface area contributed by atoms with Crippen molar-refractivity contribution >= 4 is 46.2 Å². The van der Waals surface area contributed by atoms with E-state index in [0.29, 0.717) is 34.2 Å². The number of fused-ring (bicyclic) bond motifs is 1. The number of hydrogen-bond donors (Lipinski definition) is 2. The minimum Gasteiger partial charge on any atom is -0.338 e. The Morgan fingerprint density at radius 3 is 2.63 bits per heavy atom. The smallest absolute Gasteiger partial charge is 0.321 e. The Bertz CT molecular complexity index is 913. The molecule has 0 aliphatic heterocycles. The summed E-state index contributed by atoms with van der Waals surface area (Å²) in [6.45, 7) is 8.31. The number of carbonyl (C=O) groups excluding carboxylic acids is 2. The van der Waals surface area contributed by atoms with E-state index in [1.807, 2.05) is 13.8 Å². The molecule has 0 fully saturated rings. The standard InChI is InChI=1S/C18H23ClN4O3S/c1-5-20-17(26)22-15(24)11(4)27-18-21-14-8-12(19)6-7-13(14)16(25)23(18)9-10(2)3/h6-8,10-11H,5,9H2,1-4H3,(H2,20,22,24,26). The Morgan fingerprint density at radius 1 is 1.30 bits per heavy atom. The fraction of sp³-hybridized carbons (Fsp3) is 0.444. The molecule has 0 spiro atoms. The zero-order valence-corrected chi connectivity index (χ0v) is 17.3. The predicted molar refractivity (Wildman–Crippen MR) is 108 cm³/mol. The summed E-state index contributed by atoms with van der Waals surface area (Å²) in [5.74, 6) is -0.240. The van der Waals surface area contributed by atoms with E-state index >= 15 is 0 Å². The molecule has 7 nitrogen and oxygen atoms in total. The molecular weight excluding hydrogens is 388 g/mol. The van der Waals surface area contributed by atoms with Crippen LogP contribution in [0.3, 0.4) is 0 Å². The molecule has 2 rings (SSSR count). The Kier molecular flexibility index (Phi) is 7.26. The number of aromatic nitrogens is 2. The summed E-state index contributed by atoms with van der Waals surface area (Å²) in [7, 11) is 0. The summed E-state index contributed by atoms with van der Waals surface area (Å²) < 4.78 is 1.57. The first-order valence-electron chi connectivity index (χ1n) is 8.68. The van der Waals surface area contributed by atoms with Crippen LogP contribution in [0.2, 0.25) is 5.02 Å². The highest BCUT2D eigenvalue weighted by atomic mass is 35.5. The summed E-state index contributed by atoms with van der Waals surface area (Å²) in [5, 5.41) is 5.54. The second kappa shape index (κ2) is 9.23. The van der Waals surface area contributed by atoms with Crippen LogP contribution < -0.4 is 16.2 Å². The van der Waals surface area contributed by atoms with Gasteiger partial charge in [-0.05, 0) is 38.0 Å². The van der Waals surface area contributed by atoms with Gasteiger partial charge in [-0.1, -0.05) is 37.2 Å². The number of hydrogen-bond acceptors (Lipinski definition) is 5. The highest BCUT2D eigenvalue weighted by Crippen LogP contribution is 2.24. The van der Waals surface area contributed by atoms with Gasteiger partial charge in [-0.3, -0.25) is 19.5 Å². The van der Waals surface area contributed by atoms with Crippen LogP contribution in [0.4, 0.5) is 4.79 Å². The van der Waals surface area contributed by atoms with Gasteiger partial charge in [-0.25, -0.2) is 9.78 Å². The number of nitrogens with one attached hydrogen (secondary N) is 2. The van der Waals surface area contributed by atoms with Gasteiger partial charge in [0.05, 0.1) is 16.2 Å². The van der Waals surface area contributed by atoms with Crippen molar-refractivity contribution in [2.75, 3.05) is 6.54 Å². The van der Waals surface area contributed by atoms with Crippen LogP contribution in [0.15, 0.2) is 28.2 Å². The van der Waals surface area contributed by atoms with E-state index in [-0.39, 0.29) is 11.5 Å². The lowest BCUT2D eigenvalue weighted by Gasteiger charge is -2.17. The van der Waals surface area contributed by atoms with Gasteiger partial charge in [-0.2, -0.15) is 0 Å². The van der Waals surface area contributed by atoms with Gasteiger partial charge >= 0.3 is 6.03 Å². The number of nitrogens with zero attached hydrogens (tertiary/aromatic N) is 2. The summed E-state index contributed by atoms with van der Waals surface area (Å²) in [6, 6.07) is 4.39. The molecule has 3 amide bonds. The van der Waals surface area contributed by atoms with Crippen molar-refractivity contribution in [1.82, 2.24) is 20.2 Å². The molecule has 0 bridgehead atoms. The van der Waals surface area contributed by atoms with Gasteiger partial charge in [0.2, 0.25) is 5.91 Å². The average Bonchev–Trinajstić information content (AvgIpc) is 2.57. The van der Waals surface area contributed by atoms with Crippen LogP contribution in [0.25, 0.3) is 10.9 Å². The monoisotopic (exact) mass is 410 g/mol. The second-order valence-electron chi connectivity index (χ2n) is 6.47. The number of thioether (sulfide) groups is 1. The van der Waals surface area contributed by atoms with Crippen LogP contribution in [-0.2, 0) is 11.3 Å². The lowest BCUT2D eigenvalue weighted by atomic mass is 10.2. The molecule has 0 aliphatic rings. The number of amides is 3. The van der Waals surface area contributed by atoms with Crippen LogP contribution in [0, 0.1) is 5.92 Å². The van der Waals surface area contributed by atoms with Gasteiger partial charge in [-0.15, -0.1) is 0 Å². The van der Waals surface area contributed by atoms with Crippen LogP contribution >= 0.6 is 23.4 Å². The lowest BCUT2D eigenvalue weighted by Crippen LogP contribution is -2.42. The number of benzene rings is 1. The van der Waals surface area contributed by atoms with Crippen molar-refractivity contribution in [3.63, 3.8) is 0 Å². The SMILES string of the molecule is CCNC(=O)NC(=O)C(C)Sc1nc2cc(Cl)ccc2c(=O)n1CC(C)C. The molecule has 0 saturated heterocycles. The molecule has 1 aromatic carbocycles. The van der Waals surface area contributed by atoms with Gasteiger partial charge in [0.25, 0.3) is 5.56 Å². The predicted octanol–water partition coefficient (Wildman–Crippen LogP) is 3.03. The Balaban J connectivity index is 2.38. The first-order valence-corrected chi connectivity index (χ1v) is 9.94. The van der Waals surface area contributed by atoms with Crippen molar-refractivity contribution in [2.24, 2.45) is 5.92 Å². The van der Waals surface area contributed by atoms with Gasteiger partial charge in [0, 0.05) is 18.1 Å². The summed E-state index contributed by atoms with van der Waals surface area (Å²) in [4.78, 5) is 41.3. The molecule has 1 aromatic heterocycles. The molecule has 146 valence electrons. The summed E-state index contributed by atoms with van der Waals surface area (Å²) in [5.41, 5.74) is 0.301. The quantitative estimate of drug-likeness (QED) is 0.564. The average molecular weight is 411 g/mol. The topological polar surface area (TPSA) is 93.1 Å². The molecule has 27 heavy (non-hydrogen) atoms. The first kappa shape index (κ1) is 21.2. The molecule has 9 heteroatoms. The highest BCUT2D eigenvalue weighted by Gasteiger charge is 2.21. The van der Waals surface area contributed by atoms with Crippen molar-refractivity contribution in [3.05, 3.63) is 33.6 Å². The van der Waals surface area contributed by atoms with Gasteiger partial charge < -0.3 is 5.32 Å². The molecule has 1 heterocycles. The van der Waals surface area contributed by atoms with E-state index in [2.05, 4.69) is 15.6 Å². The van der Waals surface area contributed by atoms with Crippen LogP contribution in [0.5, 0.6) is 0 Å². The summed E-state index contributed by atoms with van der Waals surface area (Å²) >= 11 is 7.16. The van der Waals surface area contributed by atoms with Crippen molar-refractivity contribution in [2.45, 2.75) is 44.6 Å². The lowest BCUT2D eigenvalue weighted by molar-refractivity contribution is -0.119. The highest BCUT2D eigenvalue weighted by molar-refractivity contribution is 8.00. The largest absolute Gasteiger partial charge is 0.338 e. The van der Waals surface area contributed by atoms with E-state index in [0.717, 1.165) is 11.8 Å². The number of halogens is 1. The van der Waals surface area contributed by atoms with Crippen molar-refractivity contribution < 1.29 is 9.59 Å². The molecule has 0 radical (unpaired) electrons. The minimum atomic E-state index is -0.616. The maximum atomic E-state index is 12.9. The maximum Gasteiger partial charge on any atom is 0.321 e. The fourth-order valence-electron chi connectivity index (χ4n) is 2.42. The minimum absolute atomic E-state index is 0.177. The maximum absolute atomic E-state index is 12.9. The number of carbonyl (C=O) groups is 2. The van der Waals surface area contributed by atoms with Crippen LogP contribution in [0.1, 0.15) is 27.7 Å². The fourth-order valence-corrected chi connectivity index (χ4v) is 3.50. The van der Waals surface area contributed by atoms with E-state index in [4.69, 9.17) is 11.6 Å². The Morgan fingerprint density at radius 2 is 2.00 bits per heavy atom. The van der Waals surface area contributed by atoms with Gasteiger partial charge in [0.15, 0.2) is 5.16 Å². The Labute approximate surface area is 166 Å². The normalized spacial score (nSPS) is 12.2. The van der Waals surface area contributed by atoms with E-state index < -0.39 is 17.2 Å². The zero-order chi connectivity index (χ0) is 20.1. The van der Waals surface area contributed by atoms with Crippen molar-refractivity contribution in [1.29, 1.82) is 0 Å². The molecule has 0 aliphatic carbocycles. The van der Waals surface area contributed by atoms with E-state index in [1.54, 1.807) is 36.6 Å². The third-order valence-corrected chi connectivity index (χ3v) is 4.98. The van der Waals surface area contributed by atoms with Crippen LogP contribution in [-0.4, -0.2) is 33.3 Å². The molecule has 2 aromatic rings. The number of rotatable bonds is 6. The van der Waals surface area contributed by atoms with E-state index in [9.17, 15) is 14.4 Å². The first-order chi connectivity index (χ1) is 12.7. The molecular formula is C18H23ClN4O3S. The van der Waals surface area contributed by atoms with Crippen molar-refractivity contribution in [3.8, 4) is 0 Å². The molecule has 0 saturated carbocycles. The third kappa shape index (κ3) is 5.46. The molecule has 1 unspecified atom stereocenters. The molecule has 1 atom stereocenters. The zero-order valence-electron chi connectivity index (χ0n) is 15.7. The van der Waals surface area contributed by atoms with Gasteiger partial charge in [0.1, 0.15) is 0 Å².